The van der Waals surface area contributed by atoms with E-state index in [9.17, 15) is 4.79 Å². The van der Waals surface area contributed by atoms with Gasteiger partial charge >= 0.3 is 0 Å². The van der Waals surface area contributed by atoms with Crippen LogP contribution in [0.25, 0.3) is 0 Å². The van der Waals surface area contributed by atoms with Crippen molar-refractivity contribution in [3.8, 4) is 0 Å². The van der Waals surface area contributed by atoms with Crippen molar-refractivity contribution in [3.05, 3.63) is 46.6 Å². The maximum absolute atomic E-state index is 13.2. The molecule has 1 fully saturated rings. The molecule has 1 amide bonds. The SMILES string of the molecule is CC1=C(C(=O)Nc2nncs2)C2(CCSCC2)N=C(/N=C(/C)Nc2ccccc2C)N1. The van der Waals surface area contributed by atoms with Crippen molar-refractivity contribution < 1.29 is 4.79 Å². The summed E-state index contributed by atoms with van der Waals surface area (Å²) in [4.78, 5) is 22.8. The molecule has 3 N–H and O–H groups in total. The van der Waals surface area contributed by atoms with Crippen LogP contribution in [-0.4, -0.2) is 44.9 Å². The number of aromatic nitrogens is 2. The Bertz CT molecular complexity index is 1050. The van der Waals surface area contributed by atoms with E-state index in [2.05, 4.69) is 39.1 Å². The third-order valence-electron chi connectivity index (χ3n) is 5.32. The van der Waals surface area contributed by atoms with Crippen LogP contribution in [0.15, 0.2) is 51.0 Å². The lowest BCUT2D eigenvalue weighted by Gasteiger charge is -2.38. The van der Waals surface area contributed by atoms with Crippen LogP contribution in [0.2, 0.25) is 0 Å². The van der Waals surface area contributed by atoms with E-state index < -0.39 is 5.54 Å². The standard InChI is InChI=1S/C21H25N7OS2/c1-13-6-4-5-7-16(13)24-15(3)25-19-23-14(2)17(18(29)26-20-28-22-12-31-20)21(27-19)8-10-30-11-9-21/h4-7,12H,8-11H2,1-3H3,(H,26,28,29)(H2,23,24,25,27). The van der Waals surface area contributed by atoms with E-state index in [1.54, 1.807) is 5.51 Å². The zero-order chi connectivity index (χ0) is 21.8. The molecule has 2 aromatic rings. The zero-order valence-corrected chi connectivity index (χ0v) is 19.4. The largest absolute Gasteiger partial charge is 0.344 e. The fourth-order valence-electron chi connectivity index (χ4n) is 3.85. The van der Waals surface area contributed by atoms with E-state index in [4.69, 9.17) is 9.98 Å². The van der Waals surface area contributed by atoms with Gasteiger partial charge in [-0.25, -0.2) is 9.98 Å². The lowest BCUT2D eigenvalue weighted by Crippen LogP contribution is -2.46. The molecule has 0 aliphatic carbocycles. The molecular weight excluding hydrogens is 430 g/mol. The Labute approximate surface area is 189 Å². The van der Waals surface area contributed by atoms with Crippen molar-refractivity contribution in [2.24, 2.45) is 9.98 Å². The fraction of sp³-hybridized carbons (Fsp3) is 0.381. The lowest BCUT2D eigenvalue weighted by molar-refractivity contribution is -0.113. The molecule has 162 valence electrons. The summed E-state index contributed by atoms with van der Waals surface area (Å²) >= 11 is 3.18. The van der Waals surface area contributed by atoms with Crippen molar-refractivity contribution in [2.45, 2.75) is 39.2 Å². The summed E-state index contributed by atoms with van der Waals surface area (Å²) in [6.45, 7) is 5.88. The van der Waals surface area contributed by atoms with Crippen LogP contribution in [0.1, 0.15) is 32.3 Å². The van der Waals surface area contributed by atoms with Gasteiger partial charge in [0.2, 0.25) is 11.1 Å². The molecular formula is C21H25N7OS2. The number of nitrogens with one attached hydrogen (secondary N) is 3. The molecule has 0 unspecified atom stereocenters. The number of nitrogens with zero attached hydrogens (tertiary/aromatic N) is 4. The molecule has 1 aromatic heterocycles. The molecule has 0 bridgehead atoms. The third-order valence-corrected chi connectivity index (χ3v) is 6.91. The third kappa shape index (κ3) is 4.80. The number of amides is 1. The van der Waals surface area contributed by atoms with Crippen LogP contribution in [-0.2, 0) is 4.79 Å². The van der Waals surface area contributed by atoms with Gasteiger partial charge in [-0.3, -0.25) is 10.1 Å². The van der Waals surface area contributed by atoms with Gasteiger partial charge < -0.3 is 10.6 Å². The van der Waals surface area contributed by atoms with Crippen LogP contribution in [0.5, 0.6) is 0 Å². The number of aliphatic imine (C=N–C) groups is 2. The number of benzene rings is 1. The molecule has 0 radical (unpaired) electrons. The molecule has 3 heterocycles. The monoisotopic (exact) mass is 455 g/mol. The van der Waals surface area contributed by atoms with Crippen LogP contribution in [0, 0.1) is 6.92 Å². The molecule has 1 saturated heterocycles. The number of amidine groups is 1. The average molecular weight is 456 g/mol. The summed E-state index contributed by atoms with van der Waals surface area (Å²) in [7, 11) is 0. The summed E-state index contributed by atoms with van der Waals surface area (Å²) in [6, 6.07) is 8.07. The smallest absolute Gasteiger partial charge is 0.257 e. The van der Waals surface area contributed by atoms with E-state index in [1.165, 1.54) is 11.3 Å². The first kappa shape index (κ1) is 21.5. The van der Waals surface area contributed by atoms with Gasteiger partial charge in [0.05, 0.1) is 11.1 Å². The summed E-state index contributed by atoms with van der Waals surface area (Å²) in [5.41, 5.74) is 4.59. The van der Waals surface area contributed by atoms with E-state index in [0.29, 0.717) is 16.7 Å². The Balaban J connectivity index is 1.61. The highest BCUT2D eigenvalue weighted by atomic mass is 32.2. The quantitative estimate of drug-likeness (QED) is 0.480. The molecule has 0 saturated carbocycles. The number of allylic oxidation sites excluding steroid dienone is 1. The molecule has 4 rings (SSSR count). The molecule has 1 spiro atoms. The summed E-state index contributed by atoms with van der Waals surface area (Å²) < 4.78 is 0. The summed E-state index contributed by atoms with van der Waals surface area (Å²) in [5.74, 6) is 2.97. The minimum atomic E-state index is -0.586. The molecule has 10 heteroatoms. The fourth-order valence-corrected chi connectivity index (χ4v) is 5.46. The predicted molar refractivity (Wildman–Crippen MR) is 129 cm³/mol. The number of hydrogen-bond acceptors (Lipinski definition) is 8. The number of para-hydroxylation sites is 1. The highest BCUT2D eigenvalue weighted by molar-refractivity contribution is 7.99. The lowest BCUT2D eigenvalue weighted by atomic mass is 9.82. The van der Waals surface area contributed by atoms with Gasteiger partial charge in [-0.2, -0.15) is 11.8 Å². The normalized spacial score (nSPS) is 18.4. The number of carbonyl (C=O) groups is 1. The molecule has 2 aliphatic heterocycles. The number of anilines is 2. The minimum absolute atomic E-state index is 0.185. The van der Waals surface area contributed by atoms with Crippen LogP contribution in [0.4, 0.5) is 10.8 Å². The van der Waals surface area contributed by atoms with Crippen LogP contribution >= 0.6 is 23.1 Å². The highest BCUT2D eigenvalue weighted by Gasteiger charge is 2.43. The maximum Gasteiger partial charge on any atom is 0.257 e. The van der Waals surface area contributed by atoms with Gasteiger partial charge in [-0.05, 0) is 56.7 Å². The van der Waals surface area contributed by atoms with Gasteiger partial charge in [0.1, 0.15) is 11.3 Å². The molecule has 1 aromatic carbocycles. The Kier molecular flexibility index (Phi) is 6.38. The number of thioether (sulfide) groups is 1. The Morgan fingerprint density at radius 2 is 1.97 bits per heavy atom. The van der Waals surface area contributed by atoms with Crippen LogP contribution in [0.3, 0.4) is 0 Å². The molecule has 8 nitrogen and oxygen atoms in total. The summed E-state index contributed by atoms with van der Waals surface area (Å²) in [6.07, 6.45) is 1.58. The van der Waals surface area contributed by atoms with E-state index in [1.807, 2.05) is 43.8 Å². The van der Waals surface area contributed by atoms with Crippen molar-refractivity contribution in [2.75, 3.05) is 22.1 Å². The second kappa shape index (κ2) is 9.19. The number of aryl methyl sites for hydroxylation is 1. The Hall–Kier alpha value is -2.72. The predicted octanol–water partition coefficient (Wildman–Crippen LogP) is 3.81. The van der Waals surface area contributed by atoms with Gasteiger partial charge in [-0.15, -0.1) is 10.2 Å². The van der Waals surface area contributed by atoms with Crippen molar-refractivity contribution >= 4 is 51.6 Å². The number of carbonyl (C=O) groups excluding carboxylic acids is 1. The van der Waals surface area contributed by atoms with Crippen molar-refractivity contribution in [1.29, 1.82) is 0 Å². The Morgan fingerprint density at radius 1 is 1.19 bits per heavy atom. The van der Waals surface area contributed by atoms with Gasteiger partial charge in [0.25, 0.3) is 5.91 Å². The number of rotatable bonds is 3. The first-order chi connectivity index (χ1) is 15.0. The number of hydrogen-bond donors (Lipinski definition) is 3. The topological polar surface area (TPSA) is 104 Å². The second-order valence-electron chi connectivity index (χ2n) is 7.54. The molecule has 2 aliphatic rings. The molecule has 0 atom stereocenters. The van der Waals surface area contributed by atoms with Crippen molar-refractivity contribution in [1.82, 2.24) is 15.5 Å². The van der Waals surface area contributed by atoms with Crippen molar-refractivity contribution in [3.63, 3.8) is 0 Å². The maximum atomic E-state index is 13.2. The van der Waals surface area contributed by atoms with Gasteiger partial charge in [0.15, 0.2) is 0 Å². The van der Waals surface area contributed by atoms with E-state index in [0.717, 1.165) is 47.1 Å². The van der Waals surface area contributed by atoms with Gasteiger partial charge in [-0.1, -0.05) is 29.5 Å². The Morgan fingerprint density at radius 3 is 2.68 bits per heavy atom. The number of guanidine groups is 1. The van der Waals surface area contributed by atoms with E-state index in [-0.39, 0.29) is 5.91 Å². The zero-order valence-electron chi connectivity index (χ0n) is 17.7. The first-order valence-corrected chi connectivity index (χ1v) is 12.1. The average Bonchev–Trinajstić information content (AvgIpc) is 3.23. The molecule has 31 heavy (non-hydrogen) atoms. The van der Waals surface area contributed by atoms with Crippen LogP contribution < -0.4 is 16.0 Å². The highest BCUT2D eigenvalue weighted by Crippen LogP contribution is 2.40. The van der Waals surface area contributed by atoms with Gasteiger partial charge in [0, 0.05) is 11.4 Å². The first-order valence-electron chi connectivity index (χ1n) is 10.1. The second-order valence-corrected chi connectivity index (χ2v) is 9.60. The van der Waals surface area contributed by atoms with E-state index >= 15 is 0 Å². The minimum Gasteiger partial charge on any atom is -0.344 e. The summed E-state index contributed by atoms with van der Waals surface area (Å²) in [5, 5.41) is 17.7.